The molecule has 0 saturated carbocycles. The summed E-state index contributed by atoms with van der Waals surface area (Å²) in [6.07, 6.45) is 3.06. The molecular formula is C30H35N3O7S. The molecule has 0 radical (unpaired) electrons. The van der Waals surface area contributed by atoms with Crippen LogP contribution in [0.5, 0.6) is 23.0 Å². The van der Waals surface area contributed by atoms with Gasteiger partial charge in [-0.25, -0.2) is 13.8 Å². The average molecular weight is 582 g/mol. The molecule has 0 aromatic heterocycles. The number of nitrogens with one attached hydrogen (secondary N) is 1. The number of methoxy groups -OCH3 is 2. The van der Waals surface area contributed by atoms with E-state index in [0.29, 0.717) is 41.7 Å². The number of ether oxygens (including phenoxy) is 4. The number of carbonyl (C=O) groups is 1. The number of hydrogen-bond acceptors (Lipinski definition) is 8. The smallest absolute Gasteiger partial charge is 0.264 e. The van der Waals surface area contributed by atoms with E-state index in [0.717, 1.165) is 15.4 Å². The summed E-state index contributed by atoms with van der Waals surface area (Å²) < 4.78 is 50.5. The first-order valence-electron chi connectivity index (χ1n) is 12.8. The molecule has 0 aliphatic heterocycles. The van der Waals surface area contributed by atoms with E-state index >= 15 is 0 Å². The van der Waals surface area contributed by atoms with E-state index in [1.807, 2.05) is 26.8 Å². The van der Waals surface area contributed by atoms with Crippen molar-refractivity contribution < 1.29 is 32.2 Å². The van der Waals surface area contributed by atoms with Gasteiger partial charge in [0.25, 0.3) is 15.9 Å². The van der Waals surface area contributed by atoms with Gasteiger partial charge in [0, 0.05) is 6.07 Å². The summed E-state index contributed by atoms with van der Waals surface area (Å²) in [5, 5.41) is 4.03. The van der Waals surface area contributed by atoms with Crippen LogP contribution in [-0.4, -0.2) is 54.5 Å². The van der Waals surface area contributed by atoms with Gasteiger partial charge in [-0.05, 0) is 79.9 Å². The molecule has 0 heterocycles. The minimum absolute atomic E-state index is 0.0622. The largest absolute Gasteiger partial charge is 0.493 e. The third-order valence-electron chi connectivity index (χ3n) is 5.75. The number of hydrogen-bond donors (Lipinski definition) is 1. The van der Waals surface area contributed by atoms with Crippen molar-refractivity contribution in [2.75, 3.05) is 38.3 Å². The second-order valence-corrected chi connectivity index (χ2v) is 10.8. The Kier molecular flexibility index (Phi) is 10.8. The van der Waals surface area contributed by atoms with Crippen LogP contribution in [0.1, 0.15) is 23.6 Å². The summed E-state index contributed by atoms with van der Waals surface area (Å²) in [5.41, 5.74) is 5.09. The predicted octanol–water partition coefficient (Wildman–Crippen LogP) is 4.63. The molecule has 1 N–H and O–H groups in total. The zero-order chi connectivity index (χ0) is 30.0. The Morgan fingerprint density at radius 3 is 2.24 bits per heavy atom. The summed E-state index contributed by atoms with van der Waals surface area (Å²) in [5.74, 6) is 1.06. The molecule has 218 valence electrons. The molecule has 41 heavy (non-hydrogen) atoms. The van der Waals surface area contributed by atoms with Crippen molar-refractivity contribution in [3.05, 3.63) is 83.9 Å². The first-order valence-corrected chi connectivity index (χ1v) is 14.2. The number of rotatable bonds is 14. The molecule has 3 aromatic carbocycles. The molecule has 1 amide bonds. The Morgan fingerprint density at radius 1 is 0.927 bits per heavy atom. The van der Waals surface area contributed by atoms with Gasteiger partial charge in [0.1, 0.15) is 13.2 Å². The number of anilines is 1. The number of nitrogens with zero attached hydrogens (tertiary/aromatic N) is 2. The maximum Gasteiger partial charge on any atom is 0.264 e. The first kappa shape index (κ1) is 31.0. The number of sulfonamides is 1. The molecule has 0 fully saturated rings. The molecule has 0 atom stereocenters. The molecule has 3 rings (SSSR count). The second kappa shape index (κ2) is 14.2. The minimum Gasteiger partial charge on any atom is -0.493 e. The molecule has 0 aliphatic carbocycles. The fourth-order valence-corrected chi connectivity index (χ4v) is 5.42. The van der Waals surface area contributed by atoms with Gasteiger partial charge in [0.15, 0.2) is 23.0 Å². The van der Waals surface area contributed by atoms with E-state index in [2.05, 4.69) is 17.1 Å². The SMILES string of the molecule is C=CCOc1ccc(/C=N\NC(=O)CN(c2cc(C)cc(C)c2)S(=O)(=O)c2ccc(OC)c(OC)c2)cc1OCC. The lowest BCUT2D eigenvalue weighted by atomic mass is 10.1. The van der Waals surface area contributed by atoms with Crippen LogP contribution in [0.3, 0.4) is 0 Å². The Labute approximate surface area is 241 Å². The van der Waals surface area contributed by atoms with Gasteiger partial charge in [-0.15, -0.1) is 0 Å². The van der Waals surface area contributed by atoms with Gasteiger partial charge in [0.05, 0.1) is 37.6 Å². The van der Waals surface area contributed by atoms with E-state index in [1.54, 1.807) is 36.4 Å². The lowest BCUT2D eigenvalue weighted by molar-refractivity contribution is -0.119. The Balaban J connectivity index is 1.88. The van der Waals surface area contributed by atoms with Gasteiger partial charge in [0.2, 0.25) is 0 Å². The Bertz CT molecular complexity index is 1500. The number of aryl methyl sites for hydroxylation is 2. The van der Waals surface area contributed by atoms with Crippen LogP contribution in [0.4, 0.5) is 5.69 Å². The van der Waals surface area contributed by atoms with E-state index in [1.165, 1.54) is 38.6 Å². The Hall–Kier alpha value is -4.51. The highest BCUT2D eigenvalue weighted by Gasteiger charge is 2.28. The lowest BCUT2D eigenvalue weighted by Gasteiger charge is -2.25. The molecule has 0 unspecified atom stereocenters. The zero-order valence-electron chi connectivity index (χ0n) is 23.8. The molecule has 3 aromatic rings. The number of amides is 1. The molecule has 0 aliphatic rings. The summed E-state index contributed by atoms with van der Waals surface area (Å²) in [6.45, 7) is 9.45. The number of hydrazone groups is 1. The maximum atomic E-state index is 13.8. The fraction of sp³-hybridized carbons (Fsp3) is 0.267. The van der Waals surface area contributed by atoms with Crippen LogP contribution < -0.4 is 28.7 Å². The summed E-state index contributed by atoms with van der Waals surface area (Å²) in [6, 6.07) is 14.8. The predicted molar refractivity (Wildman–Crippen MR) is 159 cm³/mol. The molecule has 11 heteroatoms. The lowest BCUT2D eigenvalue weighted by Crippen LogP contribution is -2.39. The highest BCUT2D eigenvalue weighted by molar-refractivity contribution is 7.92. The quantitative estimate of drug-likeness (QED) is 0.168. The number of benzene rings is 3. The molecule has 10 nitrogen and oxygen atoms in total. The van der Waals surface area contributed by atoms with Gasteiger partial charge in [-0.1, -0.05) is 18.7 Å². The van der Waals surface area contributed by atoms with Crippen molar-refractivity contribution in [3.8, 4) is 23.0 Å². The second-order valence-electron chi connectivity index (χ2n) is 8.91. The zero-order valence-corrected chi connectivity index (χ0v) is 24.7. The first-order chi connectivity index (χ1) is 19.6. The highest BCUT2D eigenvalue weighted by atomic mass is 32.2. The van der Waals surface area contributed by atoms with Crippen LogP contribution in [-0.2, 0) is 14.8 Å². The van der Waals surface area contributed by atoms with E-state index < -0.39 is 22.5 Å². The minimum atomic E-state index is -4.19. The normalized spacial score (nSPS) is 11.1. The highest BCUT2D eigenvalue weighted by Crippen LogP contribution is 2.33. The molecule has 0 spiro atoms. The van der Waals surface area contributed by atoms with Gasteiger partial charge in [-0.3, -0.25) is 9.10 Å². The van der Waals surface area contributed by atoms with Crippen molar-refractivity contribution in [2.45, 2.75) is 25.7 Å². The third kappa shape index (κ3) is 8.01. The monoisotopic (exact) mass is 581 g/mol. The van der Waals surface area contributed by atoms with Crippen molar-refractivity contribution in [1.82, 2.24) is 5.43 Å². The van der Waals surface area contributed by atoms with Crippen molar-refractivity contribution in [3.63, 3.8) is 0 Å². The van der Waals surface area contributed by atoms with Gasteiger partial charge in [-0.2, -0.15) is 5.10 Å². The molecule has 0 saturated heterocycles. The third-order valence-corrected chi connectivity index (χ3v) is 7.52. The van der Waals surface area contributed by atoms with Crippen LogP contribution in [0.2, 0.25) is 0 Å². The van der Waals surface area contributed by atoms with Crippen molar-refractivity contribution >= 4 is 27.8 Å². The van der Waals surface area contributed by atoms with Crippen LogP contribution in [0, 0.1) is 13.8 Å². The topological polar surface area (TPSA) is 116 Å². The van der Waals surface area contributed by atoms with Crippen molar-refractivity contribution in [2.24, 2.45) is 5.10 Å². The van der Waals surface area contributed by atoms with Gasteiger partial charge >= 0.3 is 0 Å². The number of carbonyl (C=O) groups excluding carboxylic acids is 1. The van der Waals surface area contributed by atoms with E-state index in [-0.39, 0.29) is 10.6 Å². The van der Waals surface area contributed by atoms with E-state index in [4.69, 9.17) is 18.9 Å². The summed E-state index contributed by atoms with van der Waals surface area (Å²) in [7, 11) is -1.32. The standard InChI is InChI=1S/C30H35N3O7S/c1-7-13-40-27-11-9-23(17-29(27)39-8-2)19-31-32-30(34)20-33(24-15-21(3)14-22(4)16-24)41(35,36)25-10-12-26(37-5)28(18-25)38-6/h7,9-12,14-19H,1,8,13,20H2,2-6H3,(H,32,34)/b31-19-. The van der Waals surface area contributed by atoms with Crippen LogP contribution in [0.15, 0.2) is 77.2 Å². The average Bonchev–Trinajstić information content (AvgIpc) is 2.94. The summed E-state index contributed by atoms with van der Waals surface area (Å²) >= 11 is 0. The summed E-state index contributed by atoms with van der Waals surface area (Å²) in [4.78, 5) is 12.9. The van der Waals surface area contributed by atoms with Gasteiger partial charge < -0.3 is 18.9 Å². The molecule has 0 bridgehead atoms. The van der Waals surface area contributed by atoms with E-state index in [9.17, 15) is 13.2 Å². The fourth-order valence-electron chi connectivity index (χ4n) is 4.00. The maximum absolute atomic E-state index is 13.8. The Morgan fingerprint density at radius 2 is 1.61 bits per heavy atom. The van der Waals surface area contributed by atoms with Crippen LogP contribution >= 0.6 is 0 Å². The van der Waals surface area contributed by atoms with Crippen molar-refractivity contribution in [1.29, 1.82) is 0 Å². The van der Waals surface area contributed by atoms with Crippen LogP contribution in [0.25, 0.3) is 0 Å². The molecular weight excluding hydrogens is 546 g/mol.